The lowest BCUT2D eigenvalue weighted by Gasteiger charge is -2.42. The molecule has 27 heavy (non-hydrogen) atoms. The first-order chi connectivity index (χ1) is 12.7. The number of nitrogens with zero attached hydrogens (tertiary/aromatic N) is 2. The predicted molar refractivity (Wildman–Crippen MR) is 120 cm³/mol. The van der Waals surface area contributed by atoms with Gasteiger partial charge in [-0.05, 0) is 41.8 Å². The number of rotatable bonds is 8. The van der Waals surface area contributed by atoms with E-state index in [1.165, 1.54) is 24.1 Å². The SMILES string of the molecule is COC[C@@H]1CCCN1N=C(CCc1ccccc1)[C@H](C)[Si](C)(C)C(C)(C)C. The molecule has 1 fully saturated rings. The molecule has 0 aliphatic carbocycles. The lowest BCUT2D eigenvalue weighted by atomic mass is 10.1. The number of aryl methyl sites for hydroxylation is 1. The van der Waals surface area contributed by atoms with Crippen molar-refractivity contribution in [3.8, 4) is 0 Å². The molecule has 1 saturated heterocycles. The Morgan fingerprint density at radius 2 is 1.93 bits per heavy atom. The lowest BCUT2D eigenvalue weighted by molar-refractivity contribution is 0.117. The summed E-state index contributed by atoms with van der Waals surface area (Å²) in [4.78, 5) is 0. The van der Waals surface area contributed by atoms with Crippen LogP contribution < -0.4 is 0 Å². The first-order valence-electron chi connectivity index (χ1n) is 10.5. The van der Waals surface area contributed by atoms with Crippen LogP contribution in [-0.2, 0) is 11.2 Å². The number of hydrazone groups is 1. The van der Waals surface area contributed by atoms with Gasteiger partial charge in [0.05, 0.1) is 20.7 Å². The van der Waals surface area contributed by atoms with Crippen LogP contribution in [0.4, 0.5) is 0 Å². The number of ether oxygens (including phenoxy) is 1. The second kappa shape index (κ2) is 9.38. The largest absolute Gasteiger partial charge is 0.382 e. The standard InChI is InChI=1S/C23H40N2OSi/c1-19(27(6,7)23(2,3)4)22(16-15-20-12-9-8-10-13-20)24-25-17-11-14-21(25)18-26-5/h8-10,12-13,19,21H,11,14-18H2,1-7H3/t19-,21-/m0/s1. The van der Waals surface area contributed by atoms with Crippen LogP contribution in [0.2, 0.25) is 23.7 Å². The van der Waals surface area contributed by atoms with Crippen molar-refractivity contribution in [2.75, 3.05) is 20.3 Å². The average molecular weight is 389 g/mol. The van der Waals surface area contributed by atoms with Crippen LogP contribution in [0.5, 0.6) is 0 Å². The van der Waals surface area contributed by atoms with Gasteiger partial charge in [-0.15, -0.1) is 0 Å². The van der Waals surface area contributed by atoms with Gasteiger partial charge in [-0.2, -0.15) is 5.10 Å². The summed E-state index contributed by atoms with van der Waals surface area (Å²) in [6.07, 6.45) is 4.53. The van der Waals surface area contributed by atoms with Gasteiger partial charge in [0.25, 0.3) is 0 Å². The molecule has 2 atom stereocenters. The summed E-state index contributed by atoms with van der Waals surface area (Å²) in [6.45, 7) is 16.6. The minimum atomic E-state index is -1.51. The molecule has 2 rings (SSSR count). The zero-order valence-corrected chi connectivity index (χ0v) is 19.6. The molecule has 0 aromatic heterocycles. The van der Waals surface area contributed by atoms with Gasteiger partial charge in [0, 0.05) is 19.4 Å². The number of benzene rings is 1. The number of hydrogen-bond donors (Lipinski definition) is 0. The molecule has 0 saturated carbocycles. The quantitative estimate of drug-likeness (QED) is 0.404. The first kappa shape index (κ1) is 22.2. The molecule has 0 spiro atoms. The van der Waals surface area contributed by atoms with Crippen molar-refractivity contribution >= 4 is 13.8 Å². The minimum Gasteiger partial charge on any atom is -0.382 e. The molecule has 1 aromatic rings. The zero-order valence-electron chi connectivity index (χ0n) is 18.6. The van der Waals surface area contributed by atoms with Gasteiger partial charge in [-0.3, -0.25) is 5.01 Å². The predicted octanol–water partition coefficient (Wildman–Crippen LogP) is 5.98. The second-order valence-electron chi connectivity index (χ2n) is 9.68. The fourth-order valence-electron chi connectivity index (χ4n) is 3.82. The van der Waals surface area contributed by atoms with Crippen molar-refractivity contribution in [1.82, 2.24) is 5.01 Å². The van der Waals surface area contributed by atoms with Gasteiger partial charge >= 0.3 is 0 Å². The van der Waals surface area contributed by atoms with Crippen molar-refractivity contribution in [2.45, 2.75) is 83.1 Å². The van der Waals surface area contributed by atoms with Crippen molar-refractivity contribution in [2.24, 2.45) is 5.10 Å². The highest BCUT2D eigenvalue weighted by Gasteiger charge is 2.42. The van der Waals surface area contributed by atoms with Gasteiger partial charge < -0.3 is 4.74 Å². The van der Waals surface area contributed by atoms with Crippen molar-refractivity contribution in [3.63, 3.8) is 0 Å². The molecule has 0 unspecified atom stereocenters. The second-order valence-corrected chi connectivity index (χ2v) is 15.5. The molecule has 1 heterocycles. The maximum absolute atomic E-state index is 5.45. The molecule has 152 valence electrons. The average Bonchev–Trinajstić information content (AvgIpc) is 3.05. The Bertz CT molecular complexity index is 607. The molecule has 0 N–H and O–H groups in total. The molecular formula is C23H40N2OSi. The summed E-state index contributed by atoms with van der Waals surface area (Å²) in [5, 5.41) is 7.96. The van der Waals surface area contributed by atoms with Gasteiger partial charge in [0.1, 0.15) is 0 Å². The molecule has 4 heteroatoms. The number of hydrogen-bond acceptors (Lipinski definition) is 3. The van der Waals surface area contributed by atoms with Gasteiger partial charge in [0.15, 0.2) is 0 Å². The molecule has 1 aliphatic heterocycles. The van der Waals surface area contributed by atoms with Crippen LogP contribution in [0.25, 0.3) is 0 Å². The van der Waals surface area contributed by atoms with E-state index >= 15 is 0 Å². The highest BCUT2D eigenvalue weighted by Crippen LogP contribution is 2.44. The maximum Gasteiger partial charge on any atom is 0.0704 e. The van der Waals surface area contributed by atoms with E-state index in [-0.39, 0.29) is 0 Å². The monoisotopic (exact) mass is 388 g/mol. The Morgan fingerprint density at radius 3 is 2.52 bits per heavy atom. The fraction of sp³-hybridized carbons (Fsp3) is 0.696. The number of methoxy groups -OCH3 is 1. The van der Waals surface area contributed by atoms with Crippen LogP contribution in [0, 0.1) is 0 Å². The zero-order chi connectivity index (χ0) is 20.1. The summed E-state index contributed by atoms with van der Waals surface area (Å²) in [7, 11) is 0.290. The Morgan fingerprint density at radius 1 is 1.26 bits per heavy atom. The molecule has 3 nitrogen and oxygen atoms in total. The molecular weight excluding hydrogens is 348 g/mol. The summed E-state index contributed by atoms with van der Waals surface area (Å²) in [6, 6.07) is 11.3. The molecule has 0 radical (unpaired) electrons. The van der Waals surface area contributed by atoms with E-state index in [1.54, 1.807) is 7.11 Å². The summed E-state index contributed by atoms with van der Waals surface area (Å²) in [5.41, 5.74) is 3.36. The third-order valence-electron chi connectivity index (χ3n) is 6.99. The van der Waals surface area contributed by atoms with Crippen molar-refractivity contribution < 1.29 is 4.74 Å². The summed E-state index contributed by atoms with van der Waals surface area (Å²) >= 11 is 0. The van der Waals surface area contributed by atoms with Crippen molar-refractivity contribution in [1.29, 1.82) is 0 Å². The maximum atomic E-state index is 5.45. The summed E-state index contributed by atoms with van der Waals surface area (Å²) < 4.78 is 5.45. The molecule has 1 aromatic carbocycles. The highest BCUT2D eigenvalue weighted by molar-refractivity contribution is 6.84. The Labute approximate surface area is 168 Å². The third-order valence-corrected chi connectivity index (χ3v) is 13.4. The van der Waals surface area contributed by atoms with Gasteiger partial charge in [-0.1, -0.05) is 71.1 Å². The van der Waals surface area contributed by atoms with E-state index in [0.717, 1.165) is 26.0 Å². The van der Waals surface area contributed by atoms with Crippen LogP contribution in [0.15, 0.2) is 35.4 Å². The van der Waals surface area contributed by atoms with Crippen LogP contribution in [0.3, 0.4) is 0 Å². The molecule has 0 amide bonds. The van der Waals surface area contributed by atoms with E-state index in [0.29, 0.717) is 16.6 Å². The van der Waals surface area contributed by atoms with E-state index in [4.69, 9.17) is 9.84 Å². The minimum absolute atomic E-state index is 0.358. The summed E-state index contributed by atoms with van der Waals surface area (Å²) in [5.74, 6) is 0. The Balaban J connectivity index is 2.26. The van der Waals surface area contributed by atoms with E-state index < -0.39 is 8.07 Å². The smallest absolute Gasteiger partial charge is 0.0704 e. The van der Waals surface area contributed by atoms with E-state index in [1.807, 2.05) is 0 Å². The topological polar surface area (TPSA) is 24.8 Å². The van der Waals surface area contributed by atoms with Crippen LogP contribution in [-0.4, -0.2) is 45.1 Å². The van der Waals surface area contributed by atoms with Gasteiger partial charge in [-0.25, -0.2) is 0 Å². The fourth-order valence-corrected chi connectivity index (χ4v) is 6.15. The van der Waals surface area contributed by atoms with Crippen molar-refractivity contribution in [3.05, 3.63) is 35.9 Å². The Kier molecular flexibility index (Phi) is 7.70. The molecule has 0 bridgehead atoms. The van der Waals surface area contributed by atoms with Crippen LogP contribution in [0.1, 0.15) is 52.5 Å². The lowest BCUT2D eigenvalue weighted by Crippen LogP contribution is -2.45. The van der Waals surface area contributed by atoms with E-state index in [2.05, 4.69) is 76.1 Å². The Hall–Kier alpha value is -1.13. The third kappa shape index (κ3) is 5.67. The van der Waals surface area contributed by atoms with Crippen LogP contribution >= 0.6 is 0 Å². The molecule has 1 aliphatic rings. The first-order valence-corrected chi connectivity index (χ1v) is 13.6. The van der Waals surface area contributed by atoms with E-state index in [9.17, 15) is 0 Å². The highest BCUT2D eigenvalue weighted by atomic mass is 28.3. The van der Waals surface area contributed by atoms with Gasteiger partial charge in [0.2, 0.25) is 0 Å². The normalized spacial score (nSPS) is 20.2.